The van der Waals surface area contributed by atoms with E-state index in [1.54, 1.807) is 4.90 Å². The molecule has 0 spiro atoms. The summed E-state index contributed by atoms with van der Waals surface area (Å²) in [7, 11) is 0. The van der Waals surface area contributed by atoms with Crippen molar-refractivity contribution in [3.63, 3.8) is 0 Å². The molecule has 1 aromatic rings. The van der Waals surface area contributed by atoms with Crippen molar-refractivity contribution in [2.75, 3.05) is 32.8 Å². The van der Waals surface area contributed by atoms with E-state index in [0.29, 0.717) is 26.1 Å². The van der Waals surface area contributed by atoms with E-state index < -0.39 is 5.60 Å². The highest BCUT2D eigenvalue weighted by Crippen LogP contribution is 2.25. The molecule has 0 aliphatic carbocycles. The number of nitrogens with zero attached hydrogens (tertiary/aromatic N) is 1. The molecule has 1 saturated heterocycles. The summed E-state index contributed by atoms with van der Waals surface area (Å²) in [6.07, 6.45) is 1.35. The molecule has 1 amide bonds. The molecule has 1 aliphatic heterocycles. The molecule has 2 N–H and O–H groups in total. The molecule has 0 aromatic heterocycles. The van der Waals surface area contributed by atoms with Gasteiger partial charge in [-0.1, -0.05) is 39.0 Å². The van der Waals surface area contributed by atoms with Gasteiger partial charge in [-0.05, 0) is 30.4 Å². The van der Waals surface area contributed by atoms with E-state index in [1.807, 2.05) is 30.3 Å². The summed E-state index contributed by atoms with van der Waals surface area (Å²) in [6.45, 7) is 9.07. The van der Waals surface area contributed by atoms with Gasteiger partial charge in [-0.25, -0.2) is 0 Å². The SMILES string of the molecule is CC(C)(C)CN1CCC[C@](O)(CNCCOc2ccccc2)C1=O. The van der Waals surface area contributed by atoms with Crippen molar-refractivity contribution in [1.82, 2.24) is 10.2 Å². The number of hydrogen-bond acceptors (Lipinski definition) is 4. The Morgan fingerprint density at radius 2 is 2.00 bits per heavy atom. The van der Waals surface area contributed by atoms with Crippen LogP contribution in [0.25, 0.3) is 0 Å². The van der Waals surface area contributed by atoms with Crippen LogP contribution in [0.3, 0.4) is 0 Å². The molecule has 1 fully saturated rings. The number of amides is 1. The fourth-order valence-corrected chi connectivity index (χ4v) is 3.01. The van der Waals surface area contributed by atoms with Crippen molar-refractivity contribution in [1.29, 1.82) is 0 Å². The molecule has 24 heavy (non-hydrogen) atoms. The number of carbonyl (C=O) groups is 1. The first-order valence-electron chi connectivity index (χ1n) is 8.71. The Morgan fingerprint density at radius 1 is 1.29 bits per heavy atom. The van der Waals surface area contributed by atoms with Crippen LogP contribution in [-0.2, 0) is 4.79 Å². The predicted molar refractivity (Wildman–Crippen MR) is 95.0 cm³/mol. The number of rotatable bonds is 7. The number of nitrogens with one attached hydrogen (secondary N) is 1. The first-order valence-corrected chi connectivity index (χ1v) is 8.71. The van der Waals surface area contributed by atoms with E-state index >= 15 is 0 Å². The second-order valence-corrected chi connectivity index (χ2v) is 7.76. The van der Waals surface area contributed by atoms with Gasteiger partial charge in [-0.3, -0.25) is 4.79 Å². The summed E-state index contributed by atoms with van der Waals surface area (Å²) in [5, 5.41) is 13.9. The van der Waals surface area contributed by atoms with Gasteiger partial charge in [0.15, 0.2) is 5.60 Å². The van der Waals surface area contributed by atoms with E-state index in [9.17, 15) is 9.90 Å². The minimum absolute atomic E-state index is 0.0326. The van der Waals surface area contributed by atoms with Gasteiger partial charge in [0.05, 0.1) is 0 Å². The normalized spacial score (nSPS) is 21.8. The third-order valence-corrected chi connectivity index (χ3v) is 4.08. The Hall–Kier alpha value is -1.59. The average Bonchev–Trinajstić information content (AvgIpc) is 2.52. The Morgan fingerprint density at radius 3 is 2.67 bits per heavy atom. The topological polar surface area (TPSA) is 61.8 Å². The molecule has 2 rings (SSSR count). The van der Waals surface area contributed by atoms with E-state index in [2.05, 4.69) is 26.1 Å². The number of ether oxygens (including phenoxy) is 1. The largest absolute Gasteiger partial charge is 0.492 e. The third kappa shape index (κ3) is 5.49. The maximum atomic E-state index is 12.6. The zero-order valence-corrected chi connectivity index (χ0v) is 15.0. The monoisotopic (exact) mass is 334 g/mol. The summed E-state index contributed by atoms with van der Waals surface area (Å²) in [4.78, 5) is 14.4. The van der Waals surface area contributed by atoms with Gasteiger partial charge in [0.25, 0.3) is 5.91 Å². The summed E-state index contributed by atoms with van der Waals surface area (Å²) < 4.78 is 5.60. The molecule has 1 aliphatic rings. The lowest BCUT2D eigenvalue weighted by atomic mass is 9.88. The molecule has 0 radical (unpaired) electrons. The van der Waals surface area contributed by atoms with E-state index in [4.69, 9.17) is 4.74 Å². The van der Waals surface area contributed by atoms with Crippen LogP contribution < -0.4 is 10.1 Å². The maximum absolute atomic E-state index is 12.6. The molecule has 0 unspecified atom stereocenters. The first kappa shape index (κ1) is 18.7. The number of carbonyl (C=O) groups excluding carboxylic acids is 1. The van der Waals surface area contributed by atoms with Gasteiger partial charge in [0, 0.05) is 26.2 Å². The molecule has 5 nitrogen and oxygen atoms in total. The van der Waals surface area contributed by atoms with Crippen LogP contribution in [0, 0.1) is 5.41 Å². The molecular formula is C19H30N2O3. The number of piperidine rings is 1. The molecule has 1 aromatic carbocycles. The smallest absolute Gasteiger partial charge is 0.255 e. The summed E-state index contributed by atoms with van der Waals surface area (Å²) in [6, 6.07) is 9.61. The van der Waals surface area contributed by atoms with Gasteiger partial charge < -0.3 is 20.1 Å². The van der Waals surface area contributed by atoms with Crippen LogP contribution in [0.4, 0.5) is 0 Å². The van der Waals surface area contributed by atoms with Crippen LogP contribution in [0.1, 0.15) is 33.6 Å². The molecule has 1 heterocycles. The van der Waals surface area contributed by atoms with Gasteiger partial charge in [0.2, 0.25) is 0 Å². The minimum atomic E-state index is -1.30. The molecular weight excluding hydrogens is 304 g/mol. The number of aliphatic hydroxyl groups is 1. The van der Waals surface area contributed by atoms with Crippen LogP contribution in [0.2, 0.25) is 0 Å². The highest BCUT2D eigenvalue weighted by molar-refractivity contribution is 5.86. The Bertz CT molecular complexity index is 527. The fourth-order valence-electron chi connectivity index (χ4n) is 3.01. The molecule has 0 bridgehead atoms. The second-order valence-electron chi connectivity index (χ2n) is 7.76. The maximum Gasteiger partial charge on any atom is 0.255 e. The van der Waals surface area contributed by atoms with Crippen LogP contribution in [-0.4, -0.2) is 54.3 Å². The lowest BCUT2D eigenvalue weighted by Gasteiger charge is -2.41. The van der Waals surface area contributed by atoms with E-state index in [1.165, 1.54) is 0 Å². The van der Waals surface area contributed by atoms with Crippen molar-refractivity contribution < 1.29 is 14.6 Å². The van der Waals surface area contributed by atoms with Gasteiger partial charge in [0.1, 0.15) is 12.4 Å². The number of para-hydroxylation sites is 1. The lowest BCUT2D eigenvalue weighted by molar-refractivity contribution is -0.158. The highest BCUT2D eigenvalue weighted by Gasteiger charge is 2.42. The molecule has 0 saturated carbocycles. The quantitative estimate of drug-likeness (QED) is 0.749. The van der Waals surface area contributed by atoms with E-state index in [-0.39, 0.29) is 17.9 Å². The Labute approximate surface area is 145 Å². The summed E-state index contributed by atoms with van der Waals surface area (Å²) in [5.41, 5.74) is -1.26. The van der Waals surface area contributed by atoms with Gasteiger partial charge in [-0.15, -0.1) is 0 Å². The summed E-state index contributed by atoms with van der Waals surface area (Å²) in [5.74, 6) is 0.670. The van der Waals surface area contributed by atoms with Crippen molar-refractivity contribution in [2.24, 2.45) is 5.41 Å². The van der Waals surface area contributed by atoms with Crippen LogP contribution in [0.5, 0.6) is 5.75 Å². The lowest BCUT2D eigenvalue weighted by Crippen LogP contribution is -2.59. The molecule has 1 atom stereocenters. The van der Waals surface area contributed by atoms with Crippen molar-refractivity contribution in [2.45, 2.75) is 39.2 Å². The highest BCUT2D eigenvalue weighted by atomic mass is 16.5. The van der Waals surface area contributed by atoms with Crippen molar-refractivity contribution >= 4 is 5.91 Å². The predicted octanol–water partition coefficient (Wildman–Crippen LogP) is 2.05. The van der Waals surface area contributed by atoms with Crippen molar-refractivity contribution in [3.8, 4) is 5.75 Å². The van der Waals surface area contributed by atoms with Gasteiger partial charge in [-0.2, -0.15) is 0 Å². The second kappa shape index (κ2) is 7.99. The van der Waals surface area contributed by atoms with Gasteiger partial charge >= 0.3 is 0 Å². The number of likely N-dealkylation sites (tertiary alicyclic amines) is 1. The first-order chi connectivity index (χ1) is 11.3. The number of benzene rings is 1. The summed E-state index contributed by atoms with van der Waals surface area (Å²) >= 11 is 0. The minimum Gasteiger partial charge on any atom is -0.492 e. The Balaban J connectivity index is 1.76. The Kier molecular flexibility index (Phi) is 6.24. The average molecular weight is 334 g/mol. The fraction of sp³-hybridized carbons (Fsp3) is 0.632. The zero-order chi connectivity index (χ0) is 17.6. The standard InChI is InChI=1S/C19H30N2O3/c1-18(2,3)15-21-12-7-10-19(23,17(21)22)14-20-11-13-24-16-8-5-4-6-9-16/h4-6,8-9,20,23H,7,10-15H2,1-3H3/t19-/m0/s1. The third-order valence-electron chi connectivity index (χ3n) is 4.08. The molecule has 5 heteroatoms. The van der Waals surface area contributed by atoms with Crippen LogP contribution >= 0.6 is 0 Å². The number of hydrogen-bond donors (Lipinski definition) is 2. The van der Waals surface area contributed by atoms with Crippen molar-refractivity contribution in [3.05, 3.63) is 30.3 Å². The van der Waals surface area contributed by atoms with Crippen LogP contribution in [0.15, 0.2) is 30.3 Å². The zero-order valence-electron chi connectivity index (χ0n) is 15.0. The van der Waals surface area contributed by atoms with E-state index in [0.717, 1.165) is 18.7 Å². The molecule has 134 valence electrons.